The van der Waals surface area contributed by atoms with Gasteiger partial charge in [0.15, 0.2) is 5.78 Å². The number of carbonyl (C=O) groups is 1. The maximum atomic E-state index is 14.2. The zero-order valence-corrected chi connectivity index (χ0v) is 20.7. The van der Waals surface area contributed by atoms with Crippen LogP contribution in [-0.4, -0.2) is 41.8 Å². The highest BCUT2D eigenvalue weighted by Gasteiger charge is 2.35. The van der Waals surface area contributed by atoms with Gasteiger partial charge in [0, 0.05) is 24.2 Å². The molecule has 6 rings (SSSR count). The fourth-order valence-corrected chi connectivity index (χ4v) is 6.47. The Bertz CT molecular complexity index is 942. The van der Waals surface area contributed by atoms with E-state index in [1.54, 1.807) is 0 Å². The Kier molecular flexibility index (Phi) is 6.58. The molecule has 2 aromatic carbocycles. The van der Waals surface area contributed by atoms with Gasteiger partial charge in [-0.2, -0.15) is 0 Å². The van der Waals surface area contributed by atoms with Crippen molar-refractivity contribution in [3.63, 3.8) is 0 Å². The van der Waals surface area contributed by atoms with Crippen LogP contribution in [0, 0.1) is 0 Å². The number of piperidine rings is 2. The summed E-state index contributed by atoms with van der Waals surface area (Å²) in [6, 6.07) is 13.1. The molecular formula is C31H40N2O. The molecule has 4 fully saturated rings. The summed E-state index contributed by atoms with van der Waals surface area (Å²) in [6.07, 6.45) is 12.9. The van der Waals surface area contributed by atoms with Gasteiger partial charge < -0.3 is 0 Å². The fourth-order valence-electron chi connectivity index (χ4n) is 6.47. The first-order valence-electron chi connectivity index (χ1n) is 14.0. The first kappa shape index (κ1) is 22.5. The third kappa shape index (κ3) is 4.88. The first-order chi connectivity index (χ1) is 16.8. The van der Waals surface area contributed by atoms with Gasteiger partial charge >= 0.3 is 0 Å². The smallest absolute Gasteiger partial charge is 0.193 e. The van der Waals surface area contributed by atoms with Crippen LogP contribution in [0.2, 0.25) is 0 Å². The minimum absolute atomic E-state index is 0.282. The largest absolute Gasteiger partial charge is 0.299 e. The SMILES string of the molecule is O=C(c1cccc(CN2CCCCC2)c1C1CC1)c1cccc(CN2CCCCC2)c1C1CC1. The van der Waals surface area contributed by atoms with Gasteiger partial charge in [-0.3, -0.25) is 14.6 Å². The Morgan fingerprint density at radius 3 is 1.41 bits per heavy atom. The molecule has 0 amide bonds. The highest BCUT2D eigenvalue weighted by molar-refractivity contribution is 6.11. The van der Waals surface area contributed by atoms with E-state index in [0.717, 1.165) is 24.2 Å². The molecule has 2 aliphatic heterocycles. The van der Waals surface area contributed by atoms with Gasteiger partial charge in [0.2, 0.25) is 0 Å². The van der Waals surface area contributed by atoms with E-state index in [2.05, 4.69) is 46.2 Å². The Balaban J connectivity index is 1.33. The molecule has 0 bridgehead atoms. The lowest BCUT2D eigenvalue weighted by molar-refractivity contribution is 0.103. The summed E-state index contributed by atoms with van der Waals surface area (Å²) >= 11 is 0. The molecule has 0 atom stereocenters. The Morgan fingerprint density at radius 2 is 1.03 bits per heavy atom. The van der Waals surface area contributed by atoms with Crippen LogP contribution in [0.25, 0.3) is 0 Å². The number of ketones is 1. The number of carbonyl (C=O) groups excluding carboxylic acids is 1. The molecule has 2 aliphatic carbocycles. The molecule has 3 nitrogen and oxygen atoms in total. The zero-order valence-electron chi connectivity index (χ0n) is 20.7. The van der Waals surface area contributed by atoms with Crippen molar-refractivity contribution in [2.24, 2.45) is 0 Å². The van der Waals surface area contributed by atoms with E-state index < -0.39 is 0 Å². The lowest BCUT2D eigenvalue weighted by Gasteiger charge is -2.28. The van der Waals surface area contributed by atoms with Crippen molar-refractivity contribution in [1.82, 2.24) is 9.80 Å². The third-order valence-electron chi connectivity index (χ3n) is 8.54. The van der Waals surface area contributed by atoms with Gasteiger partial charge in [-0.05, 0) is 112 Å². The molecule has 2 saturated carbocycles. The van der Waals surface area contributed by atoms with E-state index in [1.165, 1.54) is 113 Å². The van der Waals surface area contributed by atoms with E-state index in [4.69, 9.17) is 0 Å². The molecule has 2 saturated heterocycles. The summed E-state index contributed by atoms with van der Waals surface area (Å²) in [6.45, 7) is 6.83. The molecule has 0 radical (unpaired) electrons. The minimum Gasteiger partial charge on any atom is -0.299 e. The number of rotatable bonds is 8. The number of hydrogen-bond acceptors (Lipinski definition) is 3. The zero-order chi connectivity index (χ0) is 22.9. The first-order valence-corrected chi connectivity index (χ1v) is 14.0. The average molecular weight is 457 g/mol. The summed E-state index contributed by atoms with van der Waals surface area (Å²) < 4.78 is 0. The van der Waals surface area contributed by atoms with E-state index >= 15 is 0 Å². The third-order valence-corrected chi connectivity index (χ3v) is 8.54. The van der Waals surface area contributed by atoms with E-state index in [-0.39, 0.29) is 5.78 Å². The monoisotopic (exact) mass is 456 g/mol. The maximum Gasteiger partial charge on any atom is 0.193 e. The van der Waals surface area contributed by atoms with Gasteiger partial charge in [-0.15, -0.1) is 0 Å². The highest BCUT2D eigenvalue weighted by atomic mass is 16.1. The van der Waals surface area contributed by atoms with Crippen LogP contribution in [0.15, 0.2) is 36.4 Å². The Hall–Kier alpha value is -1.97. The quantitative estimate of drug-likeness (QED) is 0.416. The molecular weight excluding hydrogens is 416 g/mol. The number of likely N-dealkylation sites (tertiary alicyclic amines) is 2. The predicted octanol–water partition coefficient (Wildman–Crippen LogP) is 6.64. The molecule has 0 spiro atoms. The normalized spacial score (nSPS) is 22.1. The van der Waals surface area contributed by atoms with Gasteiger partial charge in [0.1, 0.15) is 0 Å². The van der Waals surface area contributed by atoms with Crippen molar-refractivity contribution in [3.05, 3.63) is 69.8 Å². The predicted molar refractivity (Wildman–Crippen MR) is 139 cm³/mol. The van der Waals surface area contributed by atoms with E-state index in [9.17, 15) is 4.79 Å². The van der Waals surface area contributed by atoms with Crippen molar-refractivity contribution < 1.29 is 4.79 Å². The maximum absolute atomic E-state index is 14.2. The van der Waals surface area contributed by atoms with Crippen LogP contribution in [-0.2, 0) is 13.1 Å². The van der Waals surface area contributed by atoms with E-state index in [0.29, 0.717) is 11.8 Å². The summed E-state index contributed by atoms with van der Waals surface area (Å²) in [4.78, 5) is 19.4. The van der Waals surface area contributed by atoms with Gasteiger partial charge in [0.25, 0.3) is 0 Å². The van der Waals surface area contributed by atoms with Crippen molar-refractivity contribution in [2.45, 2.75) is 89.1 Å². The van der Waals surface area contributed by atoms with Crippen LogP contribution >= 0.6 is 0 Å². The second-order valence-electron chi connectivity index (χ2n) is 11.3. The Labute approximate surface area is 205 Å². The molecule has 2 heterocycles. The molecule has 180 valence electrons. The lowest BCUT2D eigenvalue weighted by atomic mass is 9.87. The summed E-state index contributed by atoms with van der Waals surface area (Å²) in [7, 11) is 0. The molecule has 4 aliphatic rings. The van der Waals surface area contributed by atoms with Crippen LogP contribution in [0.1, 0.15) is 114 Å². The lowest BCUT2D eigenvalue weighted by Crippen LogP contribution is -2.30. The van der Waals surface area contributed by atoms with Crippen molar-refractivity contribution in [3.8, 4) is 0 Å². The van der Waals surface area contributed by atoms with E-state index in [1.807, 2.05) is 0 Å². The fraction of sp³-hybridized carbons (Fsp3) is 0.581. The molecule has 0 unspecified atom stereocenters. The summed E-state index contributed by atoms with van der Waals surface area (Å²) in [5.41, 5.74) is 7.56. The standard InChI is InChI=1S/C31H40N2O/c34-31(27-11-7-9-25(29(27)23-13-14-23)21-32-17-3-1-4-18-32)28-12-8-10-26(30(28)24-15-16-24)22-33-19-5-2-6-20-33/h7-12,23-24H,1-6,13-22H2. The van der Waals surface area contributed by atoms with Gasteiger partial charge in [-0.25, -0.2) is 0 Å². The molecule has 2 aromatic rings. The van der Waals surface area contributed by atoms with Crippen molar-refractivity contribution >= 4 is 5.78 Å². The molecule has 0 aromatic heterocycles. The summed E-state index contributed by atoms with van der Waals surface area (Å²) in [5.74, 6) is 1.45. The molecule has 3 heteroatoms. The average Bonchev–Trinajstić information content (AvgIpc) is 3.79. The second-order valence-corrected chi connectivity index (χ2v) is 11.3. The molecule has 34 heavy (non-hydrogen) atoms. The van der Waals surface area contributed by atoms with Crippen LogP contribution < -0.4 is 0 Å². The van der Waals surface area contributed by atoms with Crippen molar-refractivity contribution in [2.75, 3.05) is 26.2 Å². The number of benzene rings is 2. The topological polar surface area (TPSA) is 23.6 Å². The van der Waals surface area contributed by atoms with Crippen LogP contribution in [0.5, 0.6) is 0 Å². The minimum atomic E-state index is 0.282. The second kappa shape index (κ2) is 9.95. The van der Waals surface area contributed by atoms with Crippen LogP contribution in [0.4, 0.5) is 0 Å². The number of nitrogens with zero attached hydrogens (tertiary/aromatic N) is 2. The van der Waals surface area contributed by atoms with Crippen LogP contribution in [0.3, 0.4) is 0 Å². The van der Waals surface area contributed by atoms with Gasteiger partial charge in [-0.1, -0.05) is 49.2 Å². The summed E-state index contributed by atoms with van der Waals surface area (Å²) in [5, 5.41) is 0. The highest BCUT2D eigenvalue weighted by Crippen LogP contribution is 2.47. The molecule has 0 N–H and O–H groups in total. The Morgan fingerprint density at radius 1 is 0.618 bits per heavy atom. The van der Waals surface area contributed by atoms with Gasteiger partial charge in [0.05, 0.1) is 0 Å². The van der Waals surface area contributed by atoms with Crippen molar-refractivity contribution in [1.29, 1.82) is 0 Å². The number of hydrogen-bond donors (Lipinski definition) is 0.